The highest BCUT2D eigenvalue weighted by Gasteiger charge is 2.07. The Balaban J connectivity index is 2.39. The molecule has 0 spiro atoms. The normalized spacial score (nSPS) is 10.7. The summed E-state index contributed by atoms with van der Waals surface area (Å²) in [4.78, 5) is 24.7. The Morgan fingerprint density at radius 2 is 1.78 bits per heavy atom. The summed E-state index contributed by atoms with van der Waals surface area (Å²) in [5, 5.41) is 9.00. The first kappa shape index (κ1) is 11.9. The maximum absolute atomic E-state index is 11.2. The van der Waals surface area contributed by atoms with E-state index in [1.165, 1.54) is 12.1 Å². The zero-order chi connectivity index (χ0) is 13.0. The Morgan fingerprint density at radius 1 is 1.06 bits per heavy atom. The molecular weight excluding hydrogens is 230 g/mol. The van der Waals surface area contributed by atoms with Crippen LogP contribution in [0.15, 0.2) is 47.3 Å². The fourth-order valence-electron chi connectivity index (χ4n) is 1.55. The van der Waals surface area contributed by atoms with E-state index in [1.807, 2.05) is 30.3 Å². The van der Waals surface area contributed by atoms with Gasteiger partial charge in [-0.05, 0) is 17.7 Å². The van der Waals surface area contributed by atoms with Gasteiger partial charge in [0.1, 0.15) is 0 Å². The molecule has 0 saturated heterocycles. The van der Waals surface area contributed by atoms with Crippen LogP contribution < -0.4 is 5.56 Å². The number of rotatable bonds is 3. The van der Waals surface area contributed by atoms with Crippen LogP contribution in [0.25, 0.3) is 12.2 Å². The SMILES string of the molecule is O=C(O)c1ccc(=O)[nH]c1C=Cc1ccccc1. The summed E-state index contributed by atoms with van der Waals surface area (Å²) in [5.74, 6) is -1.07. The van der Waals surface area contributed by atoms with Crippen molar-refractivity contribution in [1.29, 1.82) is 0 Å². The summed E-state index contributed by atoms with van der Waals surface area (Å²) in [6.45, 7) is 0. The molecule has 0 aliphatic carbocycles. The van der Waals surface area contributed by atoms with E-state index < -0.39 is 5.97 Å². The number of carbonyl (C=O) groups is 1. The van der Waals surface area contributed by atoms with Gasteiger partial charge in [0.15, 0.2) is 0 Å². The van der Waals surface area contributed by atoms with E-state index in [4.69, 9.17) is 5.11 Å². The van der Waals surface area contributed by atoms with E-state index >= 15 is 0 Å². The number of aromatic amines is 1. The third kappa shape index (κ3) is 2.74. The van der Waals surface area contributed by atoms with Gasteiger partial charge in [0.2, 0.25) is 5.56 Å². The number of aromatic nitrogens is 1. The van der Waals surface area contributed by atoms with Gasteiger partial charge in [-0.2, -0.15) is 0 Å². The molecule has 4 heteroatoms. The van der Waals surface area contributed by atoms with Crippen molar-refractivity contribution in [3.8, 4) is 0 Å². The molecule has 0 radical (unpaired) electrons. The standard InChI is InChI=1S/C14H11NO3/c16-13-9-7-11(14(17)18)12(15-13)8-6-10-4-2-1-3-5-10/h1-9H,(H,15,16)(H,17,18). The van der Waals surface area contributed by atoms with Gasteiger partial charge in [0.05, 0.1) is 11.3 Å². The van der Waals surface area contributed by atoms with Crippen LogP contribution in [0.2, 0.25) is 0 Å². The van der Waals surface area contributed by atoms with E-state index in [0.717, 1.165) is 5.56 Å². The van der Waals surface area contributed by atoms with Crippen molar-refractivity contribution in [3.05, 3.63) is 69.6 Å². The van der Waals surface area contributed by atoms with E-state index in [1.54, 1.807) is 12.2 Å². The smallest absolute Gasteiger partial charge is 0.337 e. The van der Waals surface area contributed by atoms with Crippen LogP contribution in [0.1, 0.15) is 21.6 Å². The van der Waals surface area contributed by atoms with Gasteiger partial charge in [-0.1, -0.05) is 36.4 Å². The molecule has 0 atom stereocenters. The number of benzene rings is 1. The molecule has 2 N–H and O–H groups in total. The largest absolute Gasteiger partial charge is 0.478 e. The van der Waals surface area contributed by atoms with Crippen LogP contribution in [0.5, 0.6) is 0 Å². The van der Waals surface area contributed by atoms with Gasteiger partial charge in [-0.25, -0.2) is 4.79 Å². The molecule has 18 heavy (non-hydrogen) atoms. The number of hydrogen-bond acceptors (Lipinski definition) is 2. The molecule has 2 rings (SSSR count). The summed E-state index contributed by atoms with van der Waals surface area (Å²) in [6.07, 6.45) is 3.33. The lowest BCUT2D eigenvalue weighted by molar-refractivity contribution is 0.0696. The summed E-state index contributed by atoms with van der Waals surface area (Å²) < 4.78 is 0. The average molecular weight is 241 g/mol. The number of carboxylic acid groups (broad SMARTS) is 1. The molecule has 0 fully saturated rings. The van der Waals surface area contributed by atoms with Gasteiger partial charge in [-0.3, -0.25) is 4.79 Å². The minimum atomic E-state index is -1.07. The summed E-state index contributed by atoms with van der Waals surface area (Å²) in [6, 6.07) is 11.9. The van der Waals surface area contributed by atoms with Crippen LogP contribution in [0.3, 0.4) is 0 Å². The van der Waals surface area contributed by atoms with Gasteiger partial charge >= 0.3 is 5.97 Å². The van der Waals surface area contributed by atoms with Gasteiger partial charge < -0.3 is 10.1 Å². The minimum absolute atomic E-state index is 0.0711. The van der Waals surface area contributed by atoms with Crippen molar-refractivity contribution in [3.63, 3.8) is 0 Å². The number of hydrogen-bond donors (Lipinski definition) is 2. The summed E-state index contributed by atoms with van der Waals surface area (Å²) >= 11 is 0. The molecule has 1 heterocycles. The Morgan fingerprint density at radius 3 is 2.44 bits per heavy atom. The maximum atomic E-state index is 11.2. The highest BCUT2D eigenvalue weighted by atomic mass is 16.4. The predicted molar refractivity (Wildman–Crippen MR) is 69.4 cm³/mol. The first-order valence-corrected chi connectivity index (χ1v) is 5.36. The number of aromatic carboxylic acids is 1. The lowest BCUT2D eigenvalue weighted by Crippen LogP contribution is -2.10. The fourth-order valence-corrected chi connectivity index (χ4v) is 1.55. The number of nitrogens with one attached hydrogen (secondary N) is 1. The zero-order valence-corrected chi connectivity index (χ0v) is 9.46. The van der Waals surface area contributed by atoms with Crippen molar-refractivity contribution in [2.24, 2.45) is 0 Å². The van der Waals surface area contributed by atoms with Crippen LogP contribution in [0, 0.1) is 0 Å². The lowest BCUT2D eigenvalue weighted by Gasteiger charge is -2.00. The first-order chi connectivity index (χ1) is 8.66. The molecule has 0 unspecified atom stereocenters. The number of pyridine rings is 1. The average Bonchev–Trinajstić information content (AvgIpc) is 2.37. The Bertz CT molecular complexity index is 642. The van der Waals surface area contributed by atoms with Crippen molar-refractivity contribution in [2.75, 3.05) is 0 Å². The Hall–Kier alpha value is -2.62. The van der Waals surface area contributed by atoms with Gasteiger partial charge in [-0.15, -0.1) is 0 Å². The molecule has 0 bridgehead atoms. The second-order valence-corrected chi connectivity index (χ2v) is 3.70. The molecule has 0 saturated carbocycles. The second kappa shape index (κ2) is 5.14. The molecular formula is C14H11NO3. The zero-order valence-electron chi connectivity index (χ0n) is 9.46. The summed E-state index contributed by atoms with van der Waals surface area (Å²) in [7, 11) is 0. The van der Waals surface area contributed by atoms with Gasteiger partial charge in [0, 0.05) is 6.07 Å². The molecule has 1 aromatic carbocycles. The maximum Gasteiger partial charge on any atom is 0.337 e. The van der Waals surface area contributed by atoms with E-state index in [-0.39, 0.29) is 11.1 Å². The number of carboxylic acids is 1. The van der Waals surface area contributed by atoms with E-state index in [0.29, 0.717) is 5.69 Å². The van der Waals surface area contributed by atoms with Crippen molar-refractivity contribution in [2.45, 2.75) is 0 Å². The molecule has 90 valence electrons. The third-order valence-electron chi connectivity index (χ3n) is 2.42. The van der Waals surface area contributed by atoms with Crippen LogP contribution in [-0.4, -0.2) is 16.1 Å². The highest BCUT2D eigenvalue weighted by Crippen LogP contribution is 2.09. The highest BCUT2D eigenvalue weighted by molar-refractivity contribution is 5.92. The minimum Gasteiger partial charge on any atom is -0.478 e. The van der Waals surface area contributed by atoms with E-state index in [2.05, 4.69) is 4.98 Å². The summed E-state index contributed by atoms with van der Waals surface area (Å²) in [5.41, 5.74) is 0.965. The second-order valence-electron chi connectivity index (χ2n) is 3.70. The molecule has 1 aromatic heterocycles. The van der Waals surface area contributed by atoms with Crippen LogP contribution in [0.4, 0.5) is 0 Å². The third-order valence-corrected chi connectivity index (χ3v) is 2.42. The topological polar surface area (TPSA) is 70.2 Å². The van der Waals surface area contributed by atoms with Gasteiger partial charge in [0.25, 0.3) is 0 Å². The molecule has 0 aliphatic rings. The first-order valence-electron chi connectivity index (χ1n) is 5.36. The Labute approximate surface area is 103 Å². The molecule has 0 aliphatic heterocycles. The van der Waals surface area contributed by atoms with Crippen molar-refractivity contribution >= 4 is 18.1 Å². The molecule has 0 amide bonds. The van der Waals surface area contributed by atoms with Crippen molar-refractivity contribution in [1.82, 2.24) is 4.98 Å². The van der Waals surface area contributed by atoms with E-state index in [9.17, 15) is 9.59 Å². The fraction of sp³-hybridized carbons (Fsp3) is 0. The van der Waals surface area contributed by atoms with Crippen molar-refractivity contribution < 1.29 is 9.90 Å². The Kier molecular flexibility index (Phi) is 3.38. The quantitative estimate of drug-likeness (QED) is 0.865. The van der Waals surface area contributed by atoms with Crippen LogP contribution >= 0.6 is 0 Å². The van der Waals surface area contributed by atoms with Crippen LogP contribution in [-0.2, 0) is 0 Å². The monoisotopic (exact) mass is 241 g/mol. The molecule has 2 aromatic rings. The lowest BCUT2D eigenvalue weighted by atomic mass is 10.1. The molecule has 4 nitrogen and oxygen atoms in total. The predicted octanol–water partition coefficient (Wildman–Crippen LogP) is 2.24. The number of H-pyrrole nitrogens is 1.